The van der Waals surface area contributed by atoms with Crippen LogP contribution in [0.25, 0.3) is 5.69 Å². The fourth-order valence-electron chi connectivity index (χ4n) is 3.00. The molecule has 0 fully saturated rings. The summed E-state index contributed by atoms with van der Waals surface area (Å²) in [5.74, 6) is -0.333. The van der Waals surface area contributed by atoms with Gasteiger partial charge >= 0.3 is 0 Å². The zero-order chi connectivity index (χ0) is 21.0. The van der Waals surface area contributed by atoms with Crippen molar-refractivity contribution < 1.29 is 9.18 Å². The minimum Gasteiger partial charge on any atom is -0.318 e. The number of nitrogens with zero attached hydrogens (tertiary/aromatic N) is 4. The molecule has 1 N–H and O–H groups in total. The minimum atomic E-state index is -0.273. The molecule has 3 aromatic rings. The molecule has 0 unspecified atom stereocenters. The van der Waals surface area contributed by atoms with Crippen LogP contribution in [0.5, 0.6) is 0 Å². The highest BCUT2D eigenvalue weighted by Crippen LogP contribution is 2.20. The smallest absolute Gasteiger partial charge is 0.250 e. The Bertz CT molecular complexity index is 1040. The van der Waals surface area contributed by atoms with Gasteiger partial charge in [-0.25, -0.2) is 19.8 Å². The normalized spacial score (nSPS) is 11.2. The summed E-state index contributed by atoms with van der Waals surface area (Å²) in [6.07, 6.45) is 1.61. The van der Waals surface area contributed by atoms with Crippen molar-refractivity contribution in [3.05, 3.63) is 70.6 Å². The lowest BCUT2D eigenvalue weighted by Crippen LogP contribution is -2.19. The number of hydrogen-bond acceptors (Lipinski definition) is 5. The van der Waals surface area contributed by atoms with Crippen LogP contribution in [0.15, 0.2) is 46.7 Å². The van der Waals surface area contributed by atoms with Gasteiger partial charge in [-0.15, -0.1) is 0 Å². The number of halogens is 1. The van der Waals surface area contributed by atoms with Gasteiger partial charge < -0.3 is 4.57 Å². The molecule has 0 saturated carbocycles. The Morgan fingerprint density at radius 3 is 2.45 bits per heavy atom. The molecule has 2 aromatic heterocycles. The van der Waals surface area contributed by atoms with Gasteiger partial charge in [-0.05, 0) is 64.1 Å². The number of carbonyl (C=O) groups excluding carboxylic acids is 1. The van der Waals surface area contributed by atoms with Gasteiger partial charge in [0, 0.05) is 34.0 Å². The van der Waals surface area contributed by atoms with Gasteiger partial charge in [0.15, 0.2) is 5.16 Å². The molecule has 0 aliphatic heterocycles. The van der Waals surface area contributed by atoms with E-state index in [-0.39, 0.29) is 17.5 Å². The Kier molecular flexibility index (Phi) is 6.43. The first-order valence-electron chi connectivity index (χ1n) is 9.05. The summed E-state index contributed by atoms with van der Waals surface area (Å²) >= 11 is 1.27. The molecule has 29 heavy (non-hydrogen) atoms. The zero-order valence-electron chi connectivity index (χ0n) is 16.7. The first kappa shape index (κ1) is 20.7. The molecule has 3 rings (SSSR count). The lowest BCUT2D eigenvalue weighted by Gasteiger charge is -2.09. The fourth-order valence-corrected chi connectivity index (χ4v) is 3.74. The highest BCUT2D eigenvalue weighted by Gasteiger charge is 2.10. The van der Waals surface area contributed by atoms with Crippen LogP contribution in [0.4, 0.5) is 4.39 Å². The maximum Gasteiger partial charge on any atom is 0.250 e. The van der Waals surface area contributed by atoms with Crippen LogP contribution in [0, 0.1) is 33.5 Å². The van der Waals surface area contributed by atoms with Crippen LogP contribution in [0.2, 0.25) is 0 Å². The van der Waals surface area contributed by atoms with Gasteiger partial charge in [0.1, 0.15) is 5.82 Å². The average Bonchev–Trinajstić information content (AvgIpc) is 2.94. The number of thioether (sulfide) groups is 1. The Hall–Kier alpha value is -3.00. The van der Waals surface area contributed by atoms with Gasteiger partial charge in [-0.1, -0.05) is 11.8 Å². The number of benzene rings is 1. The van der Waals surface area contributed by atoms with Crippen LogP contribution < -0.4 is 5.43 Å². The molecule has 0 atom stereocenters. The van der Waals surface area contributed by atoms with Crippen molar-refractivity contribution in [3.63, 3.8) is 0 Å². The number of amides is 1. The van der Waals surface area contributed by atoms with Crippen molar-refractivity contribution in [1.82, 2.24) is 20.0 Å². The maximum absolute atomic E-state index is 13.2. The zero-order valence-corrected chi connectivity index (χ0v) is 17.5. The van der Waals surface area contributed by atoms with E-state index in [9.17, 15) is 9.18 Å². The topological polar surface area (TPSA) is 72.2 Å². The molecule has 0 bridgehead atoms. The molecule has 2 heterocycles. The molecule has 1 aromatic carbocycles. The third-order valence-electron chi connectivity index (χ3n) is 4.24. The van der Waals surface area contributed by atoms with E-state index < -0.39 is 0 Å². The lowest BCUT2D eigenvalue weighted by molar-refractivity contribution is -0.118. The maximum atomic E-state index is 13.2. The number of rotatable bonds is 6. The van der Waals surface area contributed by atoms with Crippen LogP contribution in [0.1, 0.15) is 28.3 Å². The molecule has 0 radical (unpaired) electrons. The summed E-state index contributed by atoms with van der Waals surface area (Å²) in [7, 11) is 0. The van der Waals surface area contributed by atoms with Gasteiger partial charge in [-0.3, -0.25) is 4.79 Å². The van der Waals surface area contributed by atoms with E-state index in [2.05, 4.69) is 20.5 Å². The Morgan fingerprint density at radius 1 is 1.14 bits per heavy atom. The molecule has 0 aliphatic carbocycles. The van der Waals surface area contributed by atoms with Crippen molar-refractivity contribution in [2.75, 3.05) is 5.75 Å². The van der Waals surface area contributed by atoms with Gasteiger partial charge in [0.2, 0.25) is 0 Å². The molecule has 1 amide bonds. The van der Waals surface area contributed by atoms with Gasteiger partial charge in [0.05, 0.1) is 12.0 Å². The quantitative estimate of drug-likeness (QED) is 0.289. The van der Waals surface area contributed by atoms with E-state index in [0.29, 0.717) is 5.16 Å². The van der Waals surface area contributed by atoms with Crippen molar-refractivity contribution >= 4 is 23.9 Å². The number of aromatic nitrogens is 3. The highest BCUT2D eigenvalue weighted by atomic mass is 32.2. The summed E-state index contributed by atoms with van der Waals surface area (Å²) in [6.45, 7) is 7.70. The molecule has 0 saturated heterocycles. The summed E-state index contributed by atoms with van der Waals surface area (Å²) < 4.78 is 15.2. The Labute approximate surface area is 173 Å². The molecule has 150 valence electrons. The monoisotopic (exact) mass is 411 g/mol. The van der Waals surface area contributed by atoms with Crippen molar-refractivity contribution in [2.24, 2.45) is 5.10 Å². The second kappa shape index (κ2) is 9.00. The van der Waals surface area contributed by atoms with Crippen molar-refractivity contribution in [2.45, 2.75) is 32.9 Å². The van der Waals surface area contributed by atoms with E-state index in [1.165, 1.54) is 23.9 Å². The minimum absolute atomic E-state index is 0.175. The number of hydrogen-bond donors (Lipinski definition) is 1. The Morgan fingerprint density at radius 2 is 1.79 bits per heavy atom. The first-order valence-corrected chi connectivity index (χ1v) is 10.0. The number of nitrogens with one attached hydrogen (secondary N) is 1. The predicted octanol–water partition coefficient (Wildman–Crippen LogP) is 3.88. The van der Waals surface area contributed by atoms with E-state index in [4.69, 9.17) is 0 Å². The molecule has 0 aliphatic rings. The number of hydrazone groups is 1. The summed E-state index contributed by atoms with van der Waals surface area (Å²) in [5, 5.41) is 4.63. The standard InChI is InChI=1S/C21H22FN5OS/c1-13-9-14(2)25-21(24-13)29-12-20(28)26-23-11-17-10-15(3)27(16(17)4)19-7-5-18(22)6-8-19/h5-11H,12H2,1-4H3,(H,26,28). The largest absolute Gasteiger partial charge is 0.318 e. The summed E-state index contributed by atoms with van der Waals surface area (Å²) in [5.41, 5.74) is 7.95. The summed E-state index contributed by atoms with van der Waals surface area (Å²) in [6, 6.07) is 10.2. The van der Waals surface area contributed by atoms with E-state index >= 15 is 0 Å². The second-order valence-electron chi connectivity index (χ2n) is 6.65. The van der Waals surface area contributed by atoms with E-state index in [1.54, 1.807) is 18.3 Å². The van der Waals surface area contributed by atoms with Crippen LogP contribution in [0.3, 0.4) is 0 Å². The van der Waals surface area contributed by atoms with E-state index in [1.807, 2.05) is 44.4 Å². The highest BCUT2D eigenvalue weighted by molar-refractivity contribution is 7.99. The van der Waals surface area contributed by atoms with Gasteiger partial charge in [-0.2, -0.15) is 5.10 Å². The molecule has 6 nitrogen and oxygen atoms in total. The number of aryl methyl sites for hydroxylation is 3. The first-order chi connectivity index (χ1) is 13.8. The third kappa shape index (κ3) is 5.29. The SMILES string of the molecule is Cc1cc(C)nc(SCC(=O)NN=Cc2cc(C)n(-c3ccc(F)cc3)c2C)n1. The average molecular weight is 412 g/mol. The fraction of sp³-hybridized carbons (Fsp3) is 0.238. The van der Waals surface area contributed by atoms with Gasteiger partial charge in [0.25, 0.3) is 5.91 Å². The second-order valence-corrected chi connectivity index (χ2v) is 7.60. The van der Waals surface area contributed by atoms with E-state index in [0.717, 1.165) is 34.0 Å². The van der Waals surface area contributed by atoms with Crippen LogP contribution in [-0.2, 0) is 4.79 Å². The van der Waals surface area contributed by atoms with Crippen LogP contribution in [-0.4, -0.2) is 32.4 Å². The van der Waals surface area contributed by atoms with Crippen molar-refractivity contribution in [1.29, 1.82) is 0 Å². The predicted molar refractivity (Wildman–Crippen MR) is 113 cm³/mol. The number of carbonyl (C=O) groups is 1. The molecular formula is C21H22FN5OS. The summed E-state index contributed by atoms with van der Waals surface area (Å²) in [4.78, 5) is 20.6. The van der Waals surface area contributed by atoms with Crippen LogP contribution >= 0.6 is 11.8 Å². The molecule has 0 spiro atoms. The lowest BCUT2D eigenvalue weighted by atomic mass is 10.2. The molecular weight excluding hydrogens is 389 g/mol. The van der Waals surface area contributed by atoms with Crippen molar-refractivity contribution in [3.8, 4) is 5.69 Å². The molecule has 8 heteroatoms. The third-order valence-corrected chi connectivity index (χ3v) is 5.09. The Balaban J connectivity index is 1.62.